The molecule has 0 aliphatic carbocycles. The van der Waals surface area contributed by atoms with Gasteiger partial charge in [-0.2, -0.15) is 0 Å². The standard InChI is InChI=1S/C16H17BrN2O3/c17-14-6-7-15(16(10-14)19(21)22)18-11-13(8-9-20)12-4-2-1-3-5-12/h1-7,10,13,18,20H,8-9,11H2. The molecule has 0 aliphatic rings. The number of benzene rings is 2. The first-order valence-corrected chi connectivity index (χ1v) is 7.74. The number of hydrogen-bond acceptors (Lipinski definition) is 4. The van der Waals surface area contributed by atoms with Gasteiger partial charge in [0.2, 0.25) is 0 Å². The molecule has 0 fully saturated rings. The van der Waals surface area contributed by atoms with Gasteiger partial charge >= 0.3 is 0 Å². The van der Waals surface area contributed by atoms with Gasteiger partial charge in [-0.25, -0.2) is 0 Å². The highest BCUT2D eigenvalue weighted by Crippen LogP contribution is 2.29. The molecule has 0 heterocycles. The number of hydrogen-bond donors (Lipinski definition) is 2. The second kappa shape index (κ2) is 7.91. The summed E-state index contributed by atoms with van der Waals surface area (Å²) in [4.78, 5) is 10.7. The minimum atomic E-state index is -0.406. The summed E-state index contributed by atoms with van der Waals surface area (Å²) in [5, 5.41) is 23.5. The molecule has 1 unspecified atom stereocenters. The van der Waals surface area contributed by atoms with Gasteiger partial charge in [-0.1, -0.05) is 46.3 Å². The van der Waals surface area contributed by atoms with Crippen LogP contribution < -0.4 is 5.32 Å². The third-order valence-electron chi connectivity index (χ3n) is 3.44. The zero-order chi connectivity index (χ0) is 15.9. The number of rotatable bonds is 7. The molecule has 0 bridgehead atoms. The molecule has 22 heavy (non-hydrogen) atoms. The first kappa shape index (κ1) is 16.5. The first-order chi connectivity index (χ1) is 10.6. The summed E-state index contributed by atoms with van der Waals surface area (Å²) < 4.78 is 0.666. The van der Waals surface area contributed by atoms with Gasteiger partial charge in [0.25, 0.3) is 5.69 Å². The van der Waals surface area contributed by atoms with Crippen molar-refractivity contribution in [2.75, 3.05) is 18.5 Å². The van der Waals surface area contributed by atoms with Crippen LogP contribution in [-0.2, 0) is 0 Å². The number of anilines is 1. The Balaban J connectivity index is 2.15. The third kappa shape index (κ3) is 4.29. The van der Waals surface area contributed by atoms with E-state index in [0.29, 0.717) is 23.1 Å². The molecule has 5 nitrogen and oxygen atoms in total. The second-order valence-electron chi connectivity index (χ2n) is 4.92. The van der Waals surface area contributed by atoms with Gasteiger partial charge in [-0.15, -0.1) is 0 Å². The van der Waals surface area contributed by atoms with Crippen LogP contribution in [0.3, 0.4) is 0 Å². The number of nitro benzene ring substituents is 1. The molecule has 0 saturated heterocycles. The van der Waals surface area contributed by atoms with Crippen molar-refractivity contribution < 1.29 is 10.0 Å². The molecule has 0 saturated carbocycles. The number of aliphatic hydroxyl groups is 1. The molecule has 2 rings (SSSR count). The minimum Gasteiger partial charge on any atom is -0.396 e. The van der Waals surface area contributed by atoms with Crippen LogP contribution in [0.1, 0.15) is 17.9 Å². The van der Waals surface area contributed by atoms with E-state index >= 15 is 0 Å². The summed E-state index contributed by atoms with van der Waals surface area (Å²) >= 11 is 3.24. The molecule has 116 valence electrons. The Morgan fingerprint density at radius 3 is 2.59 bits per heavy atom. The number of nitro groups is 1. The van der Waals surface area contributed by atoms with Crippen molar-refractivity contribution in [3.05, 3.63) is 68.7 Å². The third-order valence-corrected chi connectivity index (χ3v) is 3.94. The van der Waals surface area contributed by atoms with Crippen LogP contribution in [0.5, 0.6) is 0 Å². The lowest BCUT2D eigenvalue weighted by Crippen LogP contribution is -2.15. The Bertz CT molecular complexity index is 635. The van der Waals surface area contributed by atoms with E-state index in [4.69, 9.17) is 0 Å². The first-order valence-electron chi connectivity index (χ1n) is 6.95. The Labute approximate surface area is 137 Å². The lowest BCUT2D eigenvalue weighted by atomic mass is 9.96. The smallest absolute Gasteiger partial charge is 0.293 e. The van der Waals surface area contributed by atoms with Crippen molar-refractivity contribution in [1.29, 1.82) is 0 Å². The average Bonchev–Trinajstić information content (AvgIpc) is 2.53. The normalized spacial score (nSPS) is 11.9. The summed E-state index contributed by atoms with van der Waals surface area (Å²) in [7, 11) is 0. The van der Waals surface area contributed by atoms with Crippen molar-refractivity contribution in [3.8, 4) is 0 Å². The van der Waals surface area contributed by atoms with E-state index in [9.17, 15) is 15.2 Å². The number of nitrogens with zero attached hydrogens (tertiary/aromatic N) is 1. The highest BCUT2D eigenvalue weighted by Gasteiger charge is 2.16. The molecule has 2 N–H and O–H groups in total. The molecule has 6 heteroatoms. The lowest BCUT2D eigenvalue weighted by molar-refractivity contribution is -0.384. The summed E-state index contributed by atoms with van der Waals surface area (Å²) in [5.74, 6) is 0.0921. The van der Waals surface area contributed by atoms with Crippen LogP contribution in [0.2, 0.25) is 0 Å². The van der Waals surface area contributed by atoms with Crippen molar-refractivity contribution in [2.45, 2.75) is 12.3 Å². The Morgan fingerprint density at radius 2 is 1.95 bits per heavy atom. The molecule has 0 amide bonds. The van der Waals surface area contributed by atoms with E-state index in [2.05, 4.69) is 21.2 Å². The molecular weight excluding hydrogens is 348 g/mol. The van der Waals surface area contributed by atoms with E-state index in [0.717, 1.165) is 5.56 Å². The molecule has 0 aliphatic heterocycles. The maximum absolute atomic E-state index is 11.1. The highest BCUT2D eigenvalue weighted by atomic mass is 79.9. The summed E-state index contributed by atoms with van der Waals surface area (Å²) in [6.07, 6.45) is 0.599. The van der Waals surface area contributed by atoms with Gasteiger partial charge in [0.15, 0.2) is 0 Å². The van der Waals surface area contributed by atoms with Crippen molar-refractivity contribution >= 4 is 27.3 Å². The van der Waals surface area contributed by atoms with Crippen molar-refractivity contribution in [2.24, 2.45) is 0 Å². The predicted octanol–water partition coefficient (Wildman–Crippen LogP) is 3.94. The predicted molar refractivity (Wildman–Crippen MR) is 90.2 cm³/mol. The monoisotopic (exact) mass is 364 g/mol. The highest BCUT2D eigenvalue weighted by molar-refractivity contribution is 9.10. The molecule has 2 aromatic rings. The van der Waals surface area contributed by atoms with Crippen LogP contribution >= 0.6 is 15.9 Å². The lowest BCUT2D eigenvalue weighted by Gasteiger charge is -2.18. The summed E-state index contributed by atoms with van der Waals surface area (Å²) in [6, 6.07) is 14.8. The van der Waals surface area contributed by atoms with E-state index < -0.39 is 4.92 Å². The zero-order valence-electron chi connectivity index (χ0n) is 11.9. The number of nitrogens with one attached hydrogen (secondary N) is 1. The summed E-state index contributed by atoms with van der Waals surface area (Å²) in [6.45, 7) is 0.594. The zero-order valence-corrected chi connectivity index (χ0v) is 13.5. The maximum Gasteiger partial charge on any atom is 0.293 e. The molecule has 0 aromatic heterocycles. The molecule has 1 atom stereocenters. The maximum atomic E-state index is 11.1. The SMILES string of the molecule is O=[N+]([O-])c1cc(Br)ccc1NCC(CCO)c1ccccc1. The van der Waals surface area contributed by atoms with E-state index in [-0.39, 0.29) is 18.2 Å². The van der Waals surface area contributed by atoms with Crippen LogP contribution in [0.15, 0.2) is 53.0 Å². The minimum absolute atomic E-state index is 0.0326. The van der Waals surface area contributed by atoms with E-state index in [1.54, 1.807) is 12.1 Å². The Hall–Kier alpha value is -1.92. The molecule has 2 aromatic carbocycles. The van der Waals surface area contributed by atoms with Gasteiger partial charge < -0.3 is 10.4 Å². The van der Waals surface area contributed by atoms with Crippen molar-refractivity contribution in [1.82, 2.24) is 0 Å². The van der Waals surface area contributed by atoms with Crippen LogP contribution in [-0.4, -0.2) is 23.2 Å². The Kier molecular flexibility index (Phi) is 5.91. The fourth-order valence-corrected chi connectivity index (χ4v) is 2.66. The van der Waals surface area contributed by atoms with E-state index in [1.807, 2.05) is 30.3 Å². The van der Waals surface area contributed by atoms with E-state index in [1.165, 1.54) is 6.07 Å². The molecule has 0 spiro atoms. The topological polar surface area (TPSA) is 75.4 Å². The van der Waals surface area contributed by atoms with Gasteiger partial charge in [0, 0.05) is 29.6 Å². The van der Waals surface area contributed by atoms with Crippen LogP contribution in [0, 0.1) is 10.1 Å². The number of halogens is 1. The second-order valence-corrected chi connectivity index (χ2v) is 5.84. The largest absolute Gasteiger partial charge is 0.396 e. The fraction of sp³-hybridized carbons (Fsp3) is 0.250. The average molecular weight is 365 g/mol. The van der Waals surface area contributed by atoms with Gasteiger partial charge in [0.1, 0.15) is 5.69 Å². The molecular formula is C16H17BrN2O3. The molecule has 0 radical (unpaired) electrons. The van der Waals surface area contributed by atoms with Gasteiger partial charge in [0.05, 0.1) is 4.92 Å². The summed E-state index contributed by atoms with van der Waals surface area (Å²) in [5.41, 5.74) is 1.61. The van der Waals surface area contributed by atoms with Crippen LogP contribution in [0.4, 0.5) is 11.4 Å². The number of aliphatic hydroxyl groups excluding tert-OH is 1. The fourth-order valence-electron chi connectivity index (χ4n) is 2.31. The quantitative estimate of drug-likeness (QED) is 0.576. The van der Waals surface area contributed by atoms with Gasteiger partial charge in [-0.05, 0) is 24.1 Å². The van der Waals surface area contributed by atoms with Gasteiger partial charge in [-0.3, -0.25) is 10.1 Å². The van der Waals surface area contributed by atoms with Crippen LogP contribution in [0.25, 0.3) is 0 Å². The van der Waals surface area contributed by atoms with Crippen molar-refractivity contribution in [3.63, 3.8) is 0 Å². The Morgan fingerprint density at radius 1 is 1.23 bits per heavy atom.